The topological polar surface area (TPSA) is 96.5 Å². The minimum Gasteiger partial charge on any atom is -0.504 e. The summed E-state index contributed by atoms with van der Waals surface area (Å²) in [6, 6.07) is 12.1. The van der Waals surface area contributed by atoms with Crippen LogP contribution in [0.3, 0.4) is 0 Å². The van der Waals surface area contributed by atoms with Crippen molar-refractivity contribution < 1.29 is 19.4 Å². The highest BCUT2D eigenvalue weighted by Gasteiger charge is 2.35. The highest BCUT2D eigenvalue weighted by Crippen LogP contribution is 2.39. The molecule has 0 saturated carbocycles. The summed E-state index contributed by atoms with van der Waals surface area (Å²) in [5, 5.41) is 19.9. The van der Waals surface area contributed by atoms with Crippen molar-refractivity contribution in [2.75, 3.05) is 14.2 Å². The van der Waals surface area contributed by atoms with E-state index in [1.165, 1.54) is 7.11 Å². The molecule has 1 aliphatic rings. The summed E-state index contributed by atoms with van der Waals surface area (Å²) in [7, 11) is 3.09. The van der Waals surface area contributed by atoms with Crippen molar-refractivity contribution in [3.8, 4) is 28.5 Å². The van der Waals surface area contributed by atoms with Crippen molar-refractivity contribution in [1.82, 2.24) is 15.5 Å². The van der Waals surface area contributed by atoms with Crippen LogP contribution in [0.4, 0.5) is 0 Å². The maximum absolute atomic E-state index is 12.3. The number of hydrogen-bond donors (Lipinski definition) is 3. The summed E-state index contributed by atoms with van der Waals surface area (Å²) >= 11 is 0. The molecule has 2 heterocycles. The highest BCUT2D eigenvalue weighted by atomic mass is 16.5. The lowest BCUT2D eigenvalue weighted by Gasteiger charge is -2.15. The first-order valence-corrected chi connectivity index (χ1v) is 8.03. The Morgan fingerprint density at radius 3 is 2.54 bits per heavy atom. The number of amides is 1. The number of ether oxygens (including phenoxy) is 2. The van der Waals surface area contributed by atoms with Gasteiger partial charge in [0.1, 0.15) is 11.4 Å². The third-order valence-electron chi connectivity index (χ3n) is 4.50. The molecule has 3 N–H and O–H groups in total. The van der Waals surface area contributed by atoms with Crippen molar-refractivity contribution in [1.29, 1.82) is 0 Å². The molecular formula is C19H17N3O4. The van der Waals surface area contributed by atoms with Gasteiger partial charge in [0.25, 0.3) is 5.91 Å². The number of H-pyrrole nitrogens is 1. The summed E-state index contributed by atoms with van der Waals surface area (Å²) in [4.78, 5) is 12.3. The number of aromatic nitrogens is 2. The molecule has 2 aromatic carbocycles. The molecule has 0 saturated heterocycles. The number of methoxy groups -OCH3 is 2. The zero-order valence-corrected chi connectivity index (χ0v) is 14.2. The van der Waals surface area contributed by atoms with Crippen LogP contribution in [0.1, 0.15) is 27.7 Å². The van der Waals surface area contributed by atoms with Crippen LogP contribution in [0.25, 0.3) is 11.3 Å². The Morgan fingerprint density at radius 2 is 1.85 bits per heavy atom. The number of fused-ring (bicyclic) bond motifs is 1. The lowest BCUT2D eigenvalue weighted by molar-refractivity contribution is 0.0955. The molecule has 0 aliphatic carbocycles. The predicted octanol–water partition coefficient (Wildman–Crippen LogP) is 2.63. The number of benzene rings is 2. The van der Waals surface area contributed by atoms with E-state index in [1.54, 1.807) is 25.3 Å². The van der Waals surface area contributed by atoms with Crippen molar-refractivity contribution in [3.05, 3.63) is 59.3 Å². The van der Waals surface area contributed by atoms with Gasteiger partial charge in [0, 0.05) is 11.1 Å². The third kappa shape index (κ3) is 2.45. The number of hydrogen-bond acceptors (Lipinski definition) is 5. The van der Waals surface area contributed by atoms with Crippen LogP contribution in [-0.2, 0) is 0 Å². The summed E-state index contributed by atoms with van der Waals surface area (Å²) in [5.74, 6) is 0.919. The van der Waals surface area contributed by atoms with Crippen LogP contribution in [0.5, 0.6) is 17.2 Å². The van der Waals surface area contributed by atoms with Gasteiger partial charge in [-0.1, -0.05) is 6.07 Å². The predicted molar refractivity (Wildman–Crippen MR) is 94.5 cm³/mol. The third-order valence-corrected chi connectivity index (χ3v) is 4.50. The molecule has 1 aliphatic heterocycles. The summed E-state index contributed by atoms with van der Waals surface area (Å²) in [5.41, 5.74) is 3.57. The molecule has 0 radical (unpaired) electrons. The monoisotopic (exact) mass is 351 g/mol. The van der Waals surface area contributed by atoms with Crippen LogP contribution in [0.15, 0.2) is 42.5 Å². The van der Waals surface area contributed by atoms with E-state index in [-0.39, 0.29) is 17.7 Å². The summed E-state index contributed by atoms with van der Waals surface area (Å²) < 4.78 is 10.4. The lowest BCUT2D eigenvalue weighted by Crippen LogP contribution is -2.21. The van der Waals surface area contributed by atoms with Crippen molar-refractivity contribution in [3.63, 3.8) is 0 Å². The number of carbonyl (C=O) groups excluding carboxylic acids is 1. The molecule has 1 unspecified atom stereocenters. The van der Waals surface area contributed by atoms with Gasteiger partial charge in [-0.2, -0.15) is 5.10 Å². The fraction of sp³-hybridized carbons (Fsp3) is 0.158. The van der Waals surface area contributed by atoms with E-state index in [4.69, 9.17) is 9.47 Å². The molecule has 0 spiro atoms. The number of phenolic OH excluding ortho intramolecular Hbond substituents is 1. The van der Waals surface area contributed by atoms with Gasteiger partial charge in [-0.15, -0.1) is 0 Å². The molecule has 4 rings (SSSR count). The number of nitrogens with one attached hydrogen (secondary N) is 2. The fourth-order valence-corrected chi connectivity index (χ4v) is 3.17. The van der Waals surface area contributed by atoms with Crippen molar-refractivity contribution in [2.24, 2.45) is 0 Å². The first kappa shape index (κ1) is 16.0. The van der Waals surface area contributed by atoms with Crippen LogP contribution in [0.2, 0.25) is 0 Å². The van der Waals surface area contributed by atoms with Gasteiger partial charge in [-0.3, -0.25) is 9.89 Å². The molecule has 1 amide bonds. The Morgan fingerprint density at radius 1 is 1.08 bits per heavy atom. The molecule has 132 valence electrons. The number of carbonyl (C=O) groups is 1. The second kappa shape index (κ2) is 6.11. The van der Waals surface area contributed by atoms with Gasteiger partial charge in [-0.25, -0.2) is 0 Å². The van der Waals surface area contributed by atoms with E-state index in [0.717, 1.165) is 22.4 Å². The standard InChI is InChI=1S/C19H17N3O4/c1-25-12-6-3-10(4-7-12)17-15-16(20-19(24)18(15)22-21-17)11-5-8-13(23)14(9-11)26-2/h3-9,16,23H,1-2H3,(H,20,24)(H,21,22). The van der Waals surface area contributed by atoms with Crippen molar-refractivity contribution >= 4 is 5.91 Å². The second-order valence-corrected chi connectivity index (χ2v) is 5.93. The zero-order chi connectivity index (χ0) is 18.3. The van der Waals surface area contributed by atoms with E-state index in [2.05, 4.69) is 15.5 Å². The molecule has 0 fully saturated rings. The van der Waals surface area contributed by atoms with E-state index < -0.39 is 0 Å². The molecule has 0 bridgehead atoms. The minimum atomic E-state index is -0.386. The molecule has 1 atom stereocenters. The summed E-state index contributed by atoms with van der Waals surface area (Å²) in [6.07, 6.45) is 0. The van der Waals surface area contributed by atoms with Gasteiger partial charge in [0.15, 0.2) is 11.5 Å². The van der Waals surface area contributed by atoms with Gasteiger partial charge in [0.05, 0.1) is 26.0 Å². The molecular weight excluding hydrogens is 334 g/mol. The van der Waals surface area contributed by atoms with E-state index >= 15 is 0 Å². The smallest absolute Gasteiger partial charge is 0.270 e. The van der Waals surface area contributed by atoms with E-state index in [1.807, 2.05) is 24.3 Å². The summed E-state index contributed by atoms with van der Waals surface area (Å²) in [6.45, 7) is 0. The average molecular weight is 351 g/mol. The van der Waals surface area contributed by atoms with Crippen LogP contribution < -0.4 is 14.8 Å². The Balaban J connectivity index is 1.81. The Hall–Kier alpha value is -3.48. The van der Waals surface area contributed by atoms with Crippen molar-refractivity contribution in [2.45, 2.75) is 6.04 Å². The highest BCUT2D eigenvalue weighted by molar-refractivity contribution is 6.00. The Bertz CT molecular complexity index is 979. The van der Waals surface area contributed by atoms with E-state index in [9.17, 15) is 9.90 Å². The first-order chi connectivity index (χ1) is 12.6. The fourth-order valence-electron chi connectivity index (χ4n) is 3.17. The SMILES string of the molecule is COc1ccc(-c2n[nH]c3c2C(c2ccc(O)c(OC)c2)NC3=O)cc1. The number of nitrogens with zero attached hydrogens (tertiary/aromatic N) is 1. The normalized spacial score (nSPS) is 15.5. The average Bonchev–Trinajstić information content (AvgIpc) is 3.24. The Labute approximate surface area is 149 Å². The zero-order valence-electron chi connectivity index (χ0n) is 14.2. The first-order valence-electron chi connectivity index (χ1n) is 8.03. The van der Waals surface area contributed by atoms with Gasteiger partial charge >= 0.3 is 0 Å². The second-order valence-electron chi connectivity index (χ2n) is 5.93. The number of aromatic amines is 1. The number of rotatable bonds is 4. The minimum absolute atomic E-state index is 0.0448. The quantitative estimate of drug-likeness (QED) is 0.671. The van der Waals surface area contributed by atoms with Crippen LogP contribution >= 0.6 is 0 Å². The lowest BCUT2D eigenvalue weighted by atomic mass is 9.96. The molecule has 1 aromatic heterocycles. The number of phenols is 1. The van der Waals surface area contributed by atoms with Gasteiger partial charge in [0.2, 0.25) is 0 Å². The molecule has 26 heavy (non-hydrogen) atoms. The van der Waals surface area contributed by atoms with Gasteiger partial charge < -0.3 is 19.9 Å². The Kier molecular flexibility index (Phi) is 3.76. The molecule has 7 heteroatoms. The van der Waals surface area contributed by atoms with E-state index in [0.29, 0.717) is 17.1 Å². The van der Waals surface area contributed by atoms with Crippen LogP contribution in [-0.4, -0.2) is 35.4 Å². The molecule has 3 aromatic rings. The maximum atomic E-state index is 12.3. The molecule has 7 nitrogen and oxygen atoms in total. The largest absolute Gasteiger partial charge is 0.504 e. The number of aromatic hydroxyl groups is 1. The maximum Gasteiger partial charge on any atom is 0.270 e. The van der Waals surface area contributed by atoms with Gasteiger partial charge in [-0.05, 0) is 42.0 Å². The van der Waals surface area contributed by atoms with Crippen LogP contribution in [0, 0.1) is 0 Å².